The van der Waals surface area contributed by atoms with Gasteiger partial charge in [0.2, 0.25) is 0 Å². The van der Waals surface area contributed by atoms with Gasteiger partial charge in [-0.25, -0.2) is 0 Å². The first-order valence-corrected chi connectivity index (χ1v) is 9.89. The zero-order chi connectivity index (χ0) is 19.7. The minimum Gasteiger partial charge on any atom is -0.449 e. The van der Waals surface area contributed by atoms with Gasteiger partial charge in [0.25, 0.3) is 5.91 Å². The van der Waals surface area contributed by atoms with Gasteiger partial charge in [0, 0.05) is 36.4 Å². The van der Waals surface area contributed by atoms with E-state index in [1.165, 1.54) is 0 Å². The van der Waals surface area contributed by atoms with E-state index in [1.807, 2.05) is 43.0 Å². The van der Waals surface area contributed by atoms with Crippen LogP contribution in [0.3, 0.4) is 0 Å². The molecule has 0 unspecified atom stereocenters. The highest BCUT2D eigenvalue weighted by molar-refractivity contribution is 6.35. The lowest BCUT2D eigenvalue weighted by Gasteiger charge is -2.32. The van der Waals surface area contributed by atoms with Crippen molar-refractivity contribution in [1.29, 1.82) is 0 Å². The van der Waals surface area contributed by atoms with Crippen LogP contribution in [0.4, 0.5) is 0 Å². The zero-order valence-corrected chi connectivity index (χ0v) is 16.8. The van der Waals surface area contributed by atoms with Crippen molar-refractivity contribution in [2.45, 2.75) is 39.4 Å². The predicted octanol–water partition coefficient (Wildman–Crippen LogP) is 4.92. The van der Waals surface area contributed by atoms with E-state index in [2.05, 4.69) is 4.98 Å². The first-order valence-electron chi connectivity index (χ1n) is 9.52. The van der Waals surface area contributed by atoms with Crippen LogP contribution in [0.25, 0.3) is 11.0 Å². The predicted molar refractivity (Wildman–Crippen MR) is 109 cm³/mol. The standard InChI is InChI=1S/C22H23ClN2O3/c1-14-9-18-15(2)20(28-21(18)19(23)10-14)22(26)25-8-4-6-17(12-25)27-13-16-5-3-7-24-11-16/h3,5,7,9-11,17H,4,6,8,12-13H2,1-2H3/t17-/m0/s1. The van der Waals surface area contributed by atoms with Crippen molar-refractivity contribution in [2.24, 2.45) is 0 Å². The zero-order valence-electron chi connectivity index (χ0n) is 16.1. The second-order valence-electron chi connectivity index (χ2n) is 7.37. The lowest BCUT2D eigenvalue weighted by molar-refractivity contribution is -0.00759. The van der Waals surface area contributed by atoms with Crippen molar-refractivity contribution in [3.8, 4) is 0 Å². The third kappa shape index (κ3) is 3.77. The molecule has 2 aromatic heterocycles. The second-order valence-corrected chi connectivity index (χ2v) is 7.77. The molecule has 146 valence electrons. The van der Waals surface area contributed by atoms with Gasteiger partial charge in [-0.2, -0.15) is 0 Å². The summed E-state index contributed by atoms with van der Waals surface area (Å²) in [5.41, 5.74) is 3.49. The number of amides is 1. The largest absolute Gasteiger partial charge is 0.449 e. The highest BCUT2D eigenvalue weighted by Gasteiger charge is 2.29. The average molecular weight is 399 g/mol. The number of pyridine rings is 1. The first-order chi connectivity index (χ1) is 13.5. The number of aryl methyl sites for hydroxylation is 2. The van der Waals surface area contributed by atoms with Gasteiger partial charge in [-0.05, 0) is 56.0 Å². The highest BCUT2D eigenvalue weighted by Crippen LogP contribution is 2.33. The first kappa shape index (κ1) is 19.0. The van der Waals surface area contributed by atoms with Crippen LogP contribution in [-0.2, 0) is 11.3 Å². The summed E-state index contributed by atoms with van der Waals surface area (Å²) < 4.78 is 11.9. The van der Waals surface area contributed by atoms with Gasteiger partial charge in [-0.1, -0.05) is 17.7 Å². The summed E-state index contributed by atoms with van der Waals surface area (Å²) in [4.78, 5) is 19.1. The number of hydrogen-bond acceptors (Lipinski definition) is 4. The molecule has 1 aromatic carbocycles. The molecule has 0 radical (unpaired) electrons. The van der Waals surface area contributed by atoms with Gasteiger partial charge in [0.05, 0.1) is 17.7 Å². The average Bonchev–Trinajstić information content (AvgIpc) is 3.04. The molecule has 0 bridgehead atoms. The van der Waals surface area contributed by atoms with Crippen LogP contribution in [0.5, 0.6) is 0 Å². The van der Waals surface area contributed by atoms with E-state index in [0.29, 0.717) is 36.1 Å². The van der Waals surface area contributed by atoms with Gasteiger partial charge in [0.1, 0.15) is 0 Å². The molecule has 3 heterocycles. The topological polar surface area (TPSA) is 55.6 Å². The maximum Gasteiger partial charge on any atom is 0.289 e. The lowest BCUT2D eigenvalue weighted by atomic mass is 10.1. The molecule has 3 aromatic rings. The molecule has 5 nitrogen and oxygen atoms in total. The number of halogens is 1. The fourth-order valence-electron chi connectivity index (χ4n) is 3.72. The van der Waals surface area contributed by atoms with Crippen molar-refractivity contribution in [3.05, 3.63) is 64.1 Å². The fourth-order valence-corrected chi connectivity index (χ4v) is 4.03. The molecule has 0 N–H and O–H groups in total. The Morgan fingerprint density at radius 1 is 1.39 bits per heavy atom. The molecule has 0 spiro atoms. The molecular weight excluding hydrogens is 376 g/mol. The van der Waals surface area contributed by atoms with Crippen molar-refractivity contribution < 1.29 is 13.9 Å². The number of ether oxygens (including phenoxy) is 1. The highest BCUT2D eigenvalue weighted by atomic mass is 35.5. The molecular formula is C22H23ClN2O3. The van der Waals surface area contributed by atoms with Crippen molar-refractivity contribution in [3.63, 3.8) is 0 Å². The molecule has 1 aliphatic rings. The third-order valence-corrected chi connectivity index (χ3v) is 5.49. The number of benzene rings is 1. The van der Waals surface area contributed by atoms with Crippen molar-refractivity contribution in [2.75, 3.05) is 13.1 Å². The van der Waals surface area contributed by atoms with Crippen LogP contribution in [0.15, 0.2) is 41.1 Å². The Hall–Kier alpha value is -2.37. The molecule has 0 aliphatic carbocycles. The number of carbonyl (C=O) groups is 1. The summed E-state index contributed by atoms with van der Waals surface area (Å²) >= 11 is 6.32. The quantitative estimate of drug-likeness (QED) is 0.626. The SMILES string of the molecule is Cc1cc(Cl)c2oc(C(=O)N3CCC[C@H](OCc4cccnc4)C3)c(C)c2c1. The van der Waals surface area contributed by atoms with Crippen LogP contribution in [-0.4, -0.2) is 35.0 Å². The van der Waals surface area contributed by atoms with E-state index in [1.54, 1.807) is 12.4 Å². The van der Waals surface area contributed by atoms with E-state index >= 15 is 0 Å². The van der Waals surface area contributed by atoms with Gasteiger partial charge in [-0.15, -0.1) is 0 Å². The van der Waals surface area contributed by atoms with E-state index in [-0.39, 0.29) is 12.0 Å². The number of carbonyl (C=O) groups excluding carboxylic acids is 1. The van der Waals surface area contributed by atoms with E-state index in [9.17, 15) is 4.79 Å². The maximum atomic E-state index is 13.1. The Balaban J connectivity index is 1.49. The molecule has 28 heavy (non-hydrogen) atoms. The minimum atomic E-state index is -0.0999. The summed E-state index contributed by atoms with van der Waals surface area (Å²) in [5, 5.41) is 1.43. The third-order valence-electron chi connectivity index (χ3n) is 5.20. The number of hydrogen-bond donors (Lipinski definition) is 0. The number of furan rings is 1. The van der Waals surface area contributed by atoms with Gasteiger partial charge in [-0.3, -0.25) is 9.78 Å². The minimum absolute atomic E-state index is 0.00780. The van der Waals surface area contributed by atoms with E-state index in [0.717, 1.165) is 34.9 Å². The number of aromatic nitrogens is 1. The summed E-state index contributed by atoms with van der Waals surface area (Å²) in [6.45, 7) is 5.65. The van der Waals surface area contributed by atoms with E-state index in [4.69, 9.17) is 20.8 Å². The fraction of sp³-hybridized carbons (Fsp3) is 0.364. The second kappa shape index (κ2) is 7.94. The number of piperidine rings is 1. The van der Waals surface area contributed by atoms with Crippen LogP contribution >= 0.6 is 11.6 Å². The van der Waals surface area contributed by atoms with Gasteiger partial charge >= 0.3 is 0 Å². The van der Waals surface area contributed by atoms with Gasteiger partial charge in [0.15, 0.2) is 11.3 Å². The Morgan fingerprint density at radius 2 is 2.25 bits per heavy atom. The molecule has 6 heteroatoms. The Labute approximate surface area is 169 Å². The molecule has 1 saturated heterocycles. The summed E-state index contributed by atoms with van der Waals surface area (Å²) in [6.07, 6.45) is 5.40. The molecule has 0 saturated carbocycles. The molecule has 1 amide bonds. The van der Waals surface area contributed by atoms with Gasteiger partial charge < -0.3 is 14.1 Å². The molecule has 4 rings (SSSR count). The molecule has 1 atom stereocenters. The van der Waals surface area contributed by atoms with E-state index < -0.39 is 0 Å². The number of nitrogens with zero attached hydrogens (tertiary/aromatic N) is 2. The Kier molecular flexibility index (Phi) is 5.38. The van der Waals surface area contributed by atoms with Crippen molar-refractivity contribution in [1.82, 2.24) is 9.88 Å². The normalized spacial score (nSPS) is 17.2. The lowest BCUT2D eigenvalue weighted by Crippen LogP contribution is -2.43. The number of likely N-dealkylation sites (tertiary alicyclic amines) is 1. The number of fused-ring (bicyclic) bond motifs is 1. The van der Waals surface area contributed by atoms with Crippen LogP contribution in [0, 0.1) is 13.8 Å². The van der Waals surface area contributed by atoms with Crippen LogP contribution < -0.4 is 0 Å². The summed E-state index contributed by atoms with van der Waals surface area (Å²) in [6, 6.07) is 7.74. The smallest absolute Gasteiger partial charge is 0.289 e. The number of rotatable bonds is 4. The Bertz CT molecular complexity index is 1000. The monoisotopic (exact) mass is 398 g/mol. The Morgan fingerprint density at radius 3 is 3.04 bits per heavy atom. The summed E-state index contributed by atoms with van der Waals surface area (Å²) in [5.74, 6) is 0.271. The summed E-state index contributed by atoms with van der Waals surface area (Å²) in [7, 11) is 0. The molecule has 1 fully saturated rings. The molecule has 1 aliphatic heterocycles. The van der Waals surface area contributed by atoms with Crippen LogP contribution in [0.1, 0.15) is 40.1 Å². The van der Waals surface area contributed by atoms with Crippen LogP contribution in [0.2, 0.25) is 5.02 Å². The maximum absolute atomic E-state index is 13.1. The van der Waals surface area contributed by atoms with Crippen molar-refractivity contribution >= 4 is 28.5 Å².